The highest BCUT2D eigenvalue weighted by atomic mass is 19.1. The third kappa shape index (κ3) is 2.81. The van der Waals surface area contributed by atoms with Gasteiger partial charge in [-0.3, -0.25) is 0 Å². The summed E-state index contributed by atoms with van der Waals surface area (Å²) in [6, 6.07) is 19.7. The molecule has 0 atom stereocenters. The van der Waals surface area contributed by atoms with Crippen molar-refractivity contribution in [2.75, 3.05) is 0 Å². The molecule has 5 aromatic rings. The molecule has 0 unspecified atom stereocenters. The highest BCUT2D eigenvalue weighted by Gasteiger charge is 2.23. The van der Waals surface area contributed by atoms with Crippen LogP contribution >= 0.6 is 0 Å². The van der Waals surface area contributed by atoms with E-state index in [1.807, 2.05) is 44.3 Å². The lowest BCUT2D eigenvalue weighted by atomic mass is 9.98. The molecule has 0 fully saturated rings. The number of benzene rings is 3. The van der Waals surface area contributed by atoms with Gasteiger partial charge in [-0.15, -0.1) is 0 Å². The molecule has 2 heterocycles. The van der Waals surface area contributed by atoms with Gasteiger partial charge in [0, 0.05) is 22.9 Å². The molecule has 5 rings (SSSR count). The predicted octanol–water partition coefficient (Wildman–Crippen LogP) is 6.81. The van der Waals surface area contributed by atoms with Gasteiger partial charge < -0.3 is 4.42 Å². The lowest BCUT2D eigenvalue weighted by Crippen LogP contribution is -2.30. The highest BCUT2D eigenvalue weighted by Crippen LogP contribution is 2.41. The molecule has 30 heavy (non-hydrogen) atoms. The Balaban J connectivity index is 1.91. The predicted molar refractivity (Wildman–Crippen MR) is 120 cm³/mol. The number of nitrogens with zero attached hydrogens (tertiary/aromatic N) is 1. The molecule has 2 aromatic heterocycles. The Morgan fingerprint density at radius 2 is 1.47 bits per heavy atom. The third-order valence-electron chi connectivity index (χ3n) is 5.84. The zero-order valence-corrected chi connectivity index (χ0v) is 17.6. The van der Waals surface area contributed by atoms with Crippen molar-refractivity contribution in [1.82, 2.24) is 0 Å². The van der Waals surface area contributed by atoms with E-state index in [1.54, 1.807) is 6.07 Å². The maximum atomic E-state index is 15.0. The van der Waals surface area contributed by atoms with Crippen molar-refractivity contribution >= 4 is 21.9 Å². The summed E-state index contributed by atoms with van der Waals surface area (Å²) < 4.78 is 23.6. The Hall–Kier alpha value is -3.46. The molecule has 0 bridgehead atoms. The van der Waals surface area contributed by atoms with E-state index in [0.29, 0.717) is 11.1 Å². The van der Waals surface area contributed by atoms with Crippen LogP contribution in [0.25, 0.3) is 44.3 Å². The second kappa shape index (κ2) is 6.81. The van der Waals surface area contributed by atoms with Gasteiger partial charge in [0.1, 0.15) is 24.0 Å². The van der Waals surface area contributed by atoms with E-state index in [1.165, 1.54) is 5.56 Å². The fraction of sp³-hybridized carbons (Fsp3) is 0.148. The van der Waals surface area contributed by atoms with Gasteiger partial charge in [0.2, 0.25) is 5.69 Å². The second-order valence-electron chi connectivity index (χ2n) is 8.10. The fourth-order valence-corrected chi connectivity index (χ4v) is 4.29. The number of fused-ring (bicyclic) bond motifs is 3. The summed E-state index contributed by atoms with van der Waals surface area (Å²) in [6.45, 7) is 6.19. The summed E-state index contributed by atoms with van der Waals surface area (Å²) in [4.78, 5) is 0. The van der Waals surface area contributed by atoms with Gasteiger partial charge in [-0.05, 0) is 49.6 Å². The number of hydrogen-bond acceptors (Lipinski definition) is 1. The second-order valence-corrected chi connectivity index (χ2v) is 8.10. The Morgan fingerprint density at radius 3 is 2.23 bits per heavy atom. The lowest BCUT2D eigenvalue weighted by molar-refractivity contribution is -0.660. The third-order valence-corrected chi connectivity index (χ3v) is 5.84. The first-order valence-corrected chi connectivity index (χ1v) is 10.1. The molecule has 0 saturated heterocycles. The van der Waals surface area contributed by atoms with Crippen molar-refractivity contribution in [3.05, 3.63) is 89.4 Å². The van der Waals surface area contributed by atoms with Crippen molar-refractivity contribution in [1.29, 1.82) is 0 Å². The zero-order valence-electron chi connectivity index (χ0n) is 17.6. The minimum Gasteiger partial charge on any atom is -0.454 e. The SMILES string of the molecule is Cc1cccc(-c2c(F)ccc3c2oc2c(-c4cc(C)cc[n+]4C)c(C)ccc23)c1. The van der Waals surface area contributed by atoms with Gasteiger partial charge in [-0.2, -0.15) is 0 Å². The van der Waals surface area contributed by atoms with Crippen LogP contribution in [-0.4, -0.2) is 0 Å². The van der Waals surface area contributed by atoms with Crippen molar-refractivity contribution in [3.63, 3.8) is 0 Å². The van der Waals surface area contributed by atoms with Crippen LogP contribution in [0.2, 0.25) is 0 Å². The van der Waals surface area contributed by atoms with Crippen LogP contribution < -0.4 is 4.57 Å². The monoisotopic (exact) mass is 396 g/mol. The molecule has 0 saturated carbocycles. The average Bonchev–Trinajstić information content (AvgIpc) is 3.08. The van der Waals surface area contributed by atoms with Crippen LogP contribution in [0.1, 0.15) is 16.7 Å². The minimum absolute atomic E-state index is 0.272. The number of furan rings is 1. The summed E-state index contributed by atoms with van der Waals surface area (Å²) in [7, 11) is 2.04. The van der Waals surface area contributed by atoms with Gasteiger partial charge in [0.25, 0.3) is 0 Å². The standard InChI is InChI=1S/C27H23FNO/c1-16-6-5-7-19(14-16)25-22(28)11-10-21-20-9-8-18(3)24(26(20)30-27(21)25)23-15-17(2)12-13-29(23)4/h5-15H,1-4H3/q+1. The summed E-state index contributed by atoms with van der Waals surface area (Å²) in [5.41, 5.74) is 8.26. The quantitative estimate of drug-likeness (QED) is 0.300. The summed E-state index contributed by atoms with van der Waals surface area (Å²) >= 11 is 0. The highest BCUT2D eigenvalue weighted by molar-refractivity contribution is 6.13. The first-order chi connectivity index (χ1) is 14.4. The van der Waals surface area contributed by atoms with Crippen LogP contribution in [0, 0.1) is 26.6 Å². The van der Waals surface area contributed by atoms with E-state index in [0.717, 1.165) is 44.3 Å². The first kappa shape index (κ1) is 18.6. The van der Waals surface area contributed by atoms with Crippen molar-refractivity contribution < 1.29 is 13.4 Å². The maximum Gasteiger partial charge on any atom is 0.216 e. The molecule has 3 heteroatoms. The molecule has 148 valence electrons. The minimum atomic E-state index is -0.272. The smallest absolute Gasteiger partial charge is 0.216 e. The maximum absolute atomic E-state index is 15.0. The molecular formula is C27H23FNO+. The molecule has 0 aliphatic rings. The molecule has 0 spiro atoms. The Bertz CT molecular complexity index is 1450. The van der Waals surface area contributed by atoms with Gasteiger partial charge >= 0.3 is 0 Å². The molecule has 0 amide bonds. The number of rotatable bonds is 2. The van der Waals surface area contributed by atoms with Crippen LogP contribution in [-0.2, 0) is 7.05 Å². The average molecular weight is 396 g/mol. The van der Waals surface area contributed by atoms with Crippen molar-refractivity contribution in [2.24, 2.45) is 7.05 Å². The van der Waals surface area contributed by atoms with E-state index in [4.69, 9.17) is 4.42 Å². The number of hydrogen-bond donors (Lipinski definition) is 0. The molecular weight excluding hydrogens is 373 g/mol. The number of aromatic nitrogens is 1. The van der Waals surface area contributed by atoms with Gasteiger partial charge in [-0.1, -0.05) is 42.0 Å². The number of pyridine rings is 1. The number of halogens is 1. The molecule has 0 aliphatic heterocycles. The Morgan fingerprint density at radius 1 is 0.767 bits per heavy atom. The van der Waals surface area contributed by atoms with E-state index >= 15 is 4.39 Å². The topological polar surface area (TPSA) is 17.0 Å². The summed E-state index contributed by atoms with van der Waals surface area (Å²) in [6.07, 6.45) is 2.06. The number of aryl methyl sites for hydroxylation is 4. The van der Waals surface area contributed by atoms with E-state index < -0.39 is 0 Å². The Kier molecular flexibility index (Phi) is 4.21. The largest absolute Gasteiger partial charge is 0.454 e. The van der Waals surface area contributed by atoms with Crippen LogP contribution in [0.5, 0.6) is 0 Å². The summed E-state index contributed by atoms with van der Waals surface area (Å²) in [5.74, 6) is -0.272. The normalized spacial score (nSPS) is 11.5. The van der Waals surface area contributed by atoms with Crippen LogP contribution in [0.4, 0.5) is 4.39 Å². The molecule has 2 nitrogen and oxygen atoms in total. The molecule has 0 aliphatic carbocycles. The molecule has 0 N–H and O–H groups in total. The van der Waals surface area contributed by atoms with Gasteiger partial charge in [0.15, 0.2) is 6.20 Å². The van der Waals surface area contributed by atoms with E-state index in [9.17, 15) is 0 Å². The summed E-state index contributed by atoms with van der Waals surface area (Å²) in [5, 5.41) is 1.93. The Labute approximate surface area is 175 Å². The molecule has 0 radical (unpaired) electrons. The van der Waals surface area contributed by atoms with Crippen LogP contribution in [0.15, 0.2) is 71.3 Å². The first-order valence-electron chi connectivity index (χ1n) is 10.1. The van der Waals surface area contributed by atoms with E-state index in [2.05, 4.69) is 48.9 Å². The lowest BCUT2D eigenvalue weighted by Gasteiger charge is -2.06. The van der Waals surface area contributed by atoms with Crippen molar-refractivity contribution in [2.45, 2.75) is 20.8 Å². The fourth-order valence-electron chi connectivity index (χ4n) is 4.29. The van der Waals surface area contributed by atoms with Gasteiger partial charge in [-0.25, -0.2) is 8.96 Å². The van der Waals surface area contributed by atoms with Crippen molar-refractivity contribution in [3.8, 4) is 22.4 Å². The zero-order chi connectivity index (χ0) is 21.0. The van der Waals surface area contributed by atoms with Gasteiger partial charge in [0.05, 0.1) is 11.1 Å². The molecule has 3 aromatic carbocycles. The van der Waals surface area contributed by atoms with Crippen LogP contribution in [0.3, 0.4) is 0 Å². The van der Waals surface area contributed by atoms with E-state index in [-0.39, 0.29) is 5.82 Å².